The lowest BCUT2D eigenvalue weighted by molar-refractivity contribution is -0.384. The van der Waals surface area contributed by atoms with Crippen LogP contribution in [0.4, 0.5) is 5.69 Å². The highest BCUT2D eigenvalue weighted by Crippen LogP contribution is 2.36. The lowest BCUT2D eigenvalue weighted by Crippen LogP contribution is -1.94. The van der Waals surface area contributed by atoms with Crippen LogP contribution in [0.15, 0.2) is 66.9 Å². The van der Waals surface area contributed by atoms with Gasteiger partial charge in [-0.25, -0.2) is 0 Å². The van der Waals surface area contributed by atoms with Gasteiger partial charge in [0.1, 0.15) is 6.07 Å². The number of hydrogen-bond acceptors (Lipinski definition) is 3. The number of nitriles is 1. The van der Waals surface area contributed by atoms with E-state index in [1.807, 2.05) is 53.1 Å². The zero-order valence-corrected chi connectivity index (χ0v) is 12.5. The van der Waals surface area contributed by atoms with Crippen molar-refractivity contribution in [2.24, 2.45) is 0 Å². The molecule has 0 aliphatic heterocycles. The first kappa shape index (κ1) is 14.0. The standard InChI is InChI=1S/C19H11N3O2/c20-12-13-11-14(22(23)24)8-9-15(13)19-17-6-2-1-5-16(17)18-7-3-4-10-21(18)19/h1-11H. The van der Waals surface area contributed by atoms with E-state index in [-0.39, 0.29) is 5.69 Å². The Morgan fingerprint density at radius 1 is 1.00 bits per heavy atom. The molecule has 0 unspecified atom stereocenters. The fourth-order valence-electron chi connectivity index (χ4n) is 3.12. The molecular formula is C19H11N3O2. The molecule has 4 aromatic rings. The second-order valence-corrected chi connectivity index (χ2v) is 5.45. The van der Waals surface area contributed by atoms with Crippen LogP contribution in [0.2, 0.25) is 0 Å². The van der Waals surface area contributed by atoms with E-state index < -0.39 is 4.92 Å². The minimum absolute atomic E-state index is 0.0829. The van der Waals surface area contributed by atoms with Gasteiger partial charge >= 0.3 is 0 Å². The number of nitro groups is 1. The van der Waals surface area contributed by atoms with E-state index in [1.54, 1.807) is 6.07 Å². The molecule has 2 aromatic carbocycles. The average molecular weight is 313 g/mol. The van der Waals surface area contributed by atoms with E-state index in [0.29, 0.717) is 11.1 Å². The third-order valence-corrected chi connectivity index (χ3v) is 4.15. The van der Waals surface area contributed by atoms with Crippen LogP contribution in [0.5, 0.6) is 0 Å². The third kappa shape index (κ3) is 1.94. The number of benzene rings is 2. The van der Waals surface area contributed by atoms with Crippen molar-refractivity contribution in [2.45, 2.75) is 0 Å². The van der Waals surface area contributed by atoms with Crippen molar-refractivity contribution in [3.05, 3.63) is 82.5 Å². The second-order valence-electron chi connectivity index (χ2n) is 5.45. The SMILES string of the molecule is N#Cc1cc([N+](=O)[O-])ccc1-c1c2ccccc2c2ccccn12. The van der Waals surface area contributed by atoms with E-state index in [1.165, 1.54) is 12.1 Å². The average Bonchev–Trinajstić information content (AvgIpc) is 2.95. The van der Waals surface area contributed by atoms with Gasteiger partial charge in [0.15, 0.2) is 0 Å². The molecule has 114 valence electrons. The first-order valence-electron chi connectivity index (χ1n) is 7.37. The lowest BCUT2D eigenvalue weighted by atomic mass is 10.0. The summed E-state index contributed by atoms with van der Waals surface area (Å²) in [5.74, 6) is 0. The molecule has 5 heteroatoms. The van der Waals surface area contributed by atoms with Crippen LogP contribution in [-0.2, 0) is 0 Å². The molecule has 2 heterocycles. The van der Waals surface area contributed by atoms with E-state index in [4.69, 9.17) is 0 Å². The van der Waals surface area contributed by atoms with Crippen LogP contribution in [-0.4, -0.2) is 9.32 Å². The first-order valence-corrected chi connectivity index (χ1v) is 7.37. The molecule has 0 radical (unpaired) electrons. The van der Waals surface area contributed by atoms with Crippen molar-refractivity contribution >= 4 is 22.0 Å². The number of hydrogen-bond donors (Lipinski definition) is 0. The summed E-state index contributed by atoms with van der Waals surface area (Å²) in [5, 5.41) is 22.6. The van der Waals surface area contributed by atoms with Gasteiger partial charge < -0.3 is 4.40 Å². The Kier molecular flexibility index (Phi) is 3.04. The molecular weight excluding hydrogens is 302 g/mol. The summed E-state index contributed by atoms with van der Waals surface area (Å²) in [5.41, 5.74) is 2.79. The monoisotopic (exact) mass is 313 g/mol. The van der Waals surface area contributed by atoms with Crippen LogP contribution in [0.1, 0.15) is 5.56 Å². The molecule has 5 nitrogen and oxygen atoms in total. The van der Waals surface area contributed by atoms with Crippen LogP contribution >= 0.6 is 0 Å². The number of nitrogens with zero attached hydrogens (tertiary/aromatic N) is 3. The highest BCUT2D eigenvalue weighted by atomic mass is 16.6. The largest absolute Gasteiger partial charge is 0.315 e. The van der Waals surface area contributed by atoms with Crippen molar-refractivity contribution in [1.82, 2.24) is 4.40 Å². The smallest absolute Gasteiger partial charge is 0.270 e. The molecule has 0 bridgehead atoms. The Hall–Kier alpha value is -3.65. The minimum atomic E-state index is -0.487. The van der Waals surface area contributed by atoms with Gasteiger partial charge in [0.25, 0.3) is 5.69 Å². The van der Waals surface area contributed by atoms with Gasteiger partial charge in [-0.1, -0.05) is 30.3 Å². The summed E-state index contributed by atoms with van der Waals surface area (Å²) in [4.78, 5) is 10.5. The topological polar surface area (TPSA) is 71.3 Å². The normalized spacial score (nSPS) is 10.8. The highest BCUT2D eigenvalue weighted by molar-refractivity contribution is 6.07. The summed E-state index contributed by atoms with van der Waals surface area (Å²) in [7, 11) is 0. The number of fused-ring (bicyclic) bond motifs is 3. The van der Waals surface area contributed by atoms with Crippen molar-refractivity contribution < 1.29 is 4.92 Å². The molecule has 0 saturated carbocycles. The van der Waals surface area contributed by atoms with E-state index in [2.05, 4.69) is 6.07 Å². The molecule has 0 spiro atoms. The Labute approximate surface area is 137 Å². The maximum atomic E-state index is 11.0. The Bertz CT molecular complexity index is 1100. The fourth-order valence-corrected chi connectivity index (χ4v) is 3.12. The van der Waals surface area contributed by atoms with Crippen LogP contribution in [0.25, 0.3) is 27.5 Å². The number of aromatic nitrogens is 1. The van der Waals surface area contributed by atoms with Gasteiger partial charge in [0, 0.05) is 34.7 Å². The summed E-state index contributed by atoms with van der Waals surface area (Å²) in [6, 6.07) is 20.4. The molecule has 0 atom stereocenters. The Balaban J connectivity index is 2.13. The summed E-state index contributed by atoms with van der Waals surface area (Å²) in [6.45, 7) is 0. The van der Waals surface area contributed by atoms with Gasteiger partial charge in [0.2, 0.25) is 0 Å². The maximum Gasteiger partial charge on any atom is 0.270 e. The molecule has 0 N–H and O–H groups in total. The highest BCUT2D eigenvalue weighted by Gasteiger charge is 2.18. The number of pyridine rings is 1. The van der Waals surface area contributed by atoms with Crippen molar-refractivity contribution in [3.8, 4) is 17.3 Å². The molecule has 0 saturated heterocycles. The fraction of sp³-hybridized carbons (Fsp3) is 0. The lowest BCUT2D eigenvalue weighted by Gasteiger charge is -2.06. The maximum absolute atomic E-state index is 11.0. The number of rotatable bonds is 2. The second kappa shape index (κ2) is 5.21. The van der Waals surface area contributed by atoms with Crippen molar-refractivity contribution in [3.63, 3.8) is 0 Å². The Morgan fingerprint density at radius 2 is 1.75 bits per heavy atom. The van der Waals surface area contributed by atoms with Crippen molar-refractivity contribution in [2.75, 3.05) is 0 Å². The molecule has 4 rings (SSSR count). The van der Waals surface area contributed by atoms with E-state index in [9.17, 15) is 15.4 Å². The van der Waals surface area contributed by atoms with Gasteiger partial charge in [-0.2, -0.15) is 5.26 Å². The van der Waals surface area contributed by atoms with Crippen LogP contribution in [0.3, 0.4) is 0 Å². The van der Waals surface area contributed by atoms with Gasteiger partial charge in [0.05, 0.1) is 21.7 Å². The predicted molar refractivity (Wildman–Crippen MR) is 91.7 cm³/mol. The summed E-state index contributed by atoms with van der Waals surface area (Å²) < 4.78 is 2.02. The molecule has 24 heavy (non-hydrogen) atoms. The van der Waals surface area contributed by atoms with Gasteiger partial charge in [-0.05, 0) is 18.2 Å². The number of non-ortho nitro benzene ring substituents is 1. The quantitative estimate of drug-likeness (QED) is 0.403. The van der Waals surface area contributed by atoms with Gasteiger partial charge in [-0.3, -0.25) is 10.1 Å². The zero-order chi connectivity index (χ0) is 16.7. The zero-order valence-electron chi connectivity index (χ0n) is 12.5. The van der Waals surface area contributed by atoms with Crippen LogP contribution < -0.4 is 0 Å². The molecule has 0 fully saturated rings. The van der Waals surface area contributed by atoms with E-state index >= 15 is 0 Å². The van der Waals surface area contributed by atoms with Crippen molar-refractivity contribution in [1.29, 1.82) is 5.26 Å². The molecule has 0 amide bonds. The van der Waals surface area contributed by atoms with Gasteiger partial charge in [-0.15, -0.1) is 0 Å². The predicted octanol–water partition coefficient (Wildman–Crippen LogP) is 4.54. The molecule has 2 aromatic heterocycles. The minimum Gasteiger partial charge on any atom is -0.315 e. The summed E-state index contributed by atoms with van der Waals surface area (Å²) in [6.07, 6.45) is 1.94. The molecule has 0 aliphatic carbocycles. The Morgan fingerprint density at radius 3 is 2.50 bits per heavy atom. The van der Waals surface area contributed by atoms with Crippen LogP contribution in [0, 0.1) is 21.4 Å². The third-order valence-electron chi connectivity index (χ3n) is 4.15. The first-order chi connectivity index (χ1) is 11.7. The van der Waals surface area contributed by atoms with E-state index in [0.717, 1.165) is 22.0 Å². The number of nitro benzene ring substituents is 1. The summed E-state index contributed by atoms with van der Waals surface area (Å²) >= 11 is 0. The molecule has 0 aliphatic rings.